The molecule has 3 N–H and O–H groups in total. The van der Waals surface area contributed by atoms with E-state index in [1.807, 2.05) is 18.2 Å². The number of aromatic nitrogens is 2. The minimum Gasteiger partial charge on any atom is -0.494 e. The third-order valence-corrected chi connectivity index (χ3v) is 7.20. The molecular formula is C24H25ClN4O4. The molecule has 2 aromatic rings. The van der Waals surface area contributed by atoms with Crippen molar-refractivity contribution in [1.29, 1.82) is 0 Å². The third kappa shape index (κ3) is 4.04. The van der Waals surface area contributed by atoms with Crippen LogP contribution in [0.4, 0.5) is 17.5 Å². The Hall–Kier alpha value is -3.13. The summed E-state index contributed by atoms with van der Waals surface area (Å²) in [5.74, 6) is 0.468. The van der Waals surface area contributed by atoms with Crippen molar-refractivity contribution in [1.82, 2.24) is 9.97 Å². The number of fused-ring (bicyclic) bond motifs is 3. The van der Waals surface area contributed by atoms with Crippen LogP contribution in [0, 0.1) is 17.8 Å². The number of rotatable bonds is 6. The fraction of sp³-hybridized carbons (Fsp3) is 0.417. The number of Topliss-reactive ketones (excluding diaryl/α,β-unsaturated/α-hetero) is 1. The summed E-state index contributed by atoms with van der Waals surface area (Å²) < 4.78 is 5.70. The highest BCUT2D eigenvalue weighted by Gasteiger charge is 2.48. The zero-order chi connectivity index (χ0) is 23.1. The fourth-order valence-corrected chi connectivity index (χ4v) is 5.48. The van der Waals surface area contributed by atoms with E-state index in [0.717, 1.165) is 17.5 Å². The second-order valence-corrected chi connectivity index (χ2v) is 9.23. The Bertz CT molecular complexity index is 1150. The molecule has 3 aliphatic carbocycles. The van der Waals surface area contributed by atoms with Crippen LogP contribution in [0.15, 0.2) is 30.5 Å². The largest absolute Gasteiger partial charge is 0.494 e. The van der Waals surface area contributed by atoms with Crippen molar-refractivity contribution in [2.24, 2.45) is 17.8 Å². The predicted molar refractivity (Wildman–Crippen MR) is 124 cm³/mol. The number of carboxylic acids is 1. The van der Waals surface area contributed by atoms with Gasteiger partial charge in [-0.2, -0.15) is 4.98 Å². The first-order chi connectivity index (χ1) is 15.9. The van der Waals surface area contributed by atoms with Crippen molar-refractivity contribution in [3.05, 3.63) is 46.6 Å². The molecule has 0 saturated heterocycles. The lowest BCUT2D eigenvalue weighted by molar-refractivity contribution is -0.142. The number of nitrogens with zero attached hydrogens (tertiary/aromatic N) is 2. The van der Waals surface area contributed by atoms with E-state index in [-0.39, 0.29) is 23.7 Å². The maximum Gasteiger partial charge on any atom is 0.309 e. The molecule has 33 heavy (non-hydrogen) atoms. The van der Waals surface area contributed by atoms with Gasteiger partial charge in [0.25, 0.3) is 0 Å². The van der Waals surface area contributed by atoms with E-state index in [1.165, 1.54) is 6.20 Å². The van der Waals surface area contributed by atoms with Gasteiger partial charge < -0.3 is 20.5 Å². The molecule has 5 rings (SSSR count). The van der Waals surface area contributed by atoms with Gasteiger partial charge in [-0.25, -0.2) is 4.98 Å². The number of benzene rings is 1. The number of anilines is 3. The number of hydrogen-bond acceptors (Lipinski definition) is 7. The van der Waals surface area contributed by atoms with Gasteiger partial charge in [0.1, 0.15) is 16.6 Å². The number of aliphatic carboxylic acids is 1. The molecule has 1 aromatic heterocycles. The number of carbonyl (C=O) groups excluding carboxylic acids is 1. The minimum absolute atomic E-state index is 0.0268. The predicted octanol–water partition coefficient (Wildman–Crippen LogP) is 4.02. The van der Waals surface area contributed by atoms with Crippen LogP contribution in [-0.4, -0.2) is 40.0 Å². The Kier molecular flexibility index (Phi) is 5.70. The zero-order valence-electron chi connectivity index (χ0n) is 18.2. The lowest BCUT2D eigenvalue weighted by Gasteiger charge is -2.26. The Morgan fingerprint density at radius 1 is 1.18 bits per heavy atom. The van der Waals surface area contributed by atoms with E-state index in [9.17, 15) is 14.7 Å². The molecule has 0 spiro atoms. The van der Waals surface area contributed by atoms with Crippen LogP contribution in [0.5, 0.6) is 5.75 Å². The summed E-state index contributed by atoms with van der Waals surface area (Å²) in [5, 5.41) is 16.5. The number of methoxy groups -OCH3 is 1. The molecule has 0 unspecified atom stereocenters. The van der Waals surface area contributed by atoms with Crippen molar-refractivity contribution in [2.45, 2.75) is 38.1 Å². The number of allylic oxidation sites excluding steroid dienone is 1. The van der Waals surface area contributed by atoms with Crippen LogP contribution in [0.25, 0.3) is 0 Å². The molecule has 172 valence electrons. The summed E-state index contributed by atoms with van der Waals surface area (Å²) in [6, 6.07) is 3.63. The normalized spacial score (nSPS) is 25.5. The van der Waals surface area contributed by atoms with E-state index in [2.05, 4.69) is 26.7 Å². The highest BCUT2D eigenvalue weighted by atomic mass is 35.5. The number of carbonyl (C=O) groups is 2. The van der Waals surface area contributed by atoms with Gasteiger partial charge in [0.2, 0.25) is 5.95 Å². The number of hydrogen-bond donors (Lipinski definition) is 3. The first-order valence-electron chi connectivity index (χ1n) is 11.1. The summed E-state index contributed by atoms with van der Waals surface area (Å²) in [6.45, 7) is 0. The van der Waals surface area contributed by atoms with E-state index in [4.69, 9.17) is 16.3 Å². The van der Waals surface area contributed by atoms with Gasteiger partial charge in [-0.1, -0.05) is 29.8 Å². The first-order valence-corrected chi connectivity index (χ1v) is 11.5. The van der Waals surface area contributed by atoms with Crippen molar-refractivity contribution in [3.8, 4) is 5.75 Å². The Balaban J connectivity index is 1.41. The smallest absolute Gasteiger partial charge is 0.309 e. The molecule has 8 nitrogen and oxygen atoms in total. The number of aryl methyl sites for hydroxylation is 1. The molecule has 9 heteroatoms. The highest BCUT2D eigenvalue weighted by Crippen LogP contribution is 2.45. The van der Waals surface area contributed by atoms with Crippen molar-refractivity contribution < 1.29 is 19.4 Å². The van der Waals surface area contributed by atoms with E-state index in [1.54, 1.807) is 7.11 Å². The van der Waals surface area contributed by atoms with Crippen molar-refractivity contribution >= 4 is 40.8 Å². The van der Waals surface area contributed by atoms with Crippen LogP contribution >= 0.6 is 11.6 Å². The first kappa shape index (κ1) is 21.7. The molecule has 2 bridgehead atoms. The lowest BCUT2D eigenvalue weighted by Crippen LogP contribution is -2.38. The molecule has 0 radical (unpaired) electrons. The quantitative estimate of drug-likeness (QED) is 0.430. The average Bonchev–Trinajstić information content (AvgIpc) is 3.35. The molecule has 0 amide bonds. The van der Waals surface area contributed by atoms with E-state index < -0.39 is 11.9 Å². The van der Waals surface area contributed by atoms with Gasteiger partial charge in [0.05, 0.1) is 24.9 Å². The monoisotopic (exact) mass is 468 g/mol. The number of ketones is 1. The Labute approximate surface area is 196 Å². The van der Waals surface area contributed by atoms with Crippen LogP contribution in [0.1, 0.15) is 30.4 Å². The van der Waals surface area contributed by atoms with Crippen molar-refractivity contribution in [3.63, 3.8) is 0 Å². The van der Waals surface area contributed by atoms with Crippen LogP contribution in [-0.2, 0) is 22.4 Å². The summed E-state index contributed by atoms with van der Waals surface area (Å²) in [5.41, 5.74) is 2.84. The fourth-order valence-electron chi connectivity index (χ4n) is 5.33. The zero-order valence-corrected chi connectivity index (χ0v) is 18.9. The Morgan fingerprint density at radius 2 is 1.97 bits per heavy atom. The maximum atomic E-state index is 11.9. The van der Waals surface area contributed by atoms with E-state index >= 15 is 0 Å². The number of nitrogens with one attached hydrogen (secondary N) is 2. The summed E-state index contributed by atoms with van der Waals surface area (Å²) >= 11 is 6.35. The van der Waals surface area contributed by atoms with Gasteiger partial charge in [-0.05, 0) is 48.3 Å². The van der Waals surface area contributed by atoms with Gasteiger partial charge in [-0.3, -0.25) is 9.59 Å². The van der Waals surface area contributed by atoms with E-state index in [0.29, 0.717) is 53.9 Å². The standard InChI is InChI=1S/C24H25ClN4O4/c1-33-21-16-8-7-15(30)6-4-12(16)5-9-18(21)27-24-26-11-17(25)22(29-24)28-20-14-3-2-13(10-14)19(20)23(31)32/h2-3,5,9,11,13-14,19-20H,4,6-8,10H2,1H3,(H,31,32)(H2,26,27,28,29)/t13-,14+,19+,20-/m1/s1. The van der Waals surface area contributed by atoms with Crippen LogP contribution in [0.2, 0.25) is 5.02 Å². The van der Waals surface area contributed by atoms with Crippen LogP contribution in [0.3, 0.4) is 0 Å². The van der Waals surface area contributed by atoms with Crippen LogP contribution < -0.4 is 15.4 Å². The second-order valence-electron chi connectivity index (χ2n) is 8.82. The van der Waals surface area contributed by atoms with Gasteiger partial charge in [-0.15, -0.1) is 0 Å². The van der Waals surface area contributed by atoms with Gasteiger partial charge >= 0.3 is 5.97 Å². The second kappa shape index (κ2) is 8.67. The lowest BCUT2D eigenvalue weighted by atomic mass is 9.89. The molecule has 1 aromatic carbocycles. The minimum atomic E-state index is -0.818. The molecule has 0 aliphatic heterocycles. The number of ether oxygens (including phenoxy) is 1. The topological polar surface area (TPSA) is 113 Å². The van der Waals surface area contributed by atoms with Crippen molar-refractivity contribution in [2.75, 3.05) is 17.7 Å². The summed E-state index contributed by atoms with van der Waals surface area (Å²) in [6.07, 6.45) is 8.77. The maximum absolute atomic E-state index is 11.9. The SMILES string of the molecule is COc1c(Nc2ncc(Cl)c(N[C@H]3[C@@H](C(=O)O)[C@@H]4C=C[C@H]3C4)n2)ccc2c1CCC(=O)CC2. The summed E-state index contributed by atoms with van der Waals surface area (Å²) in [7, 11) is 1.61. The number of carboxylic acid groups (broad SMARTS) is 1. The molecule has 1 saturated carbocycles. The summed E-state index contributed by atoms with van der Waals surface area (Å²) in [4.78, 5) is 32.6. The molecule has 1 fully saturated rings. The molecular weight excluding hydrogens is 444 g/mol. The Morgan fingerprint density at radius 3 is 2.76 bits per heavy atom. The van der Waals surface area contributed by atoms with Gasteiger partial charge in [0.15, 0.2) is 5.82 Å². The molecule has 3 aliphatic rings. The average molecular weight is 469 g/mol. The van der Waals surface area contributed by atoms with Gasteiger partial charge in [0, 0.05) is 18.9 Å². The number of halogens is 1. The third-order valence-electron chi connectivity index (χ3n) is 6.93. The molecule has 4 atom stereocenters. The highest BCUT2D eigenvalue weighted by molar-refractivity contribution is 6.32. The molecule has 1 heterocycles.